The zero-order valence-corrected chi connectivity index (χ0v) is 17.9. The van der Waals surface area contributed by atoms with E-state index in [2.05, 4.69) is 51.5 Å². The number of thiazole rings is 1. The molecule has 2 aromatic heterocycles. The van der Waals surface area contributed by atoms with Crippen LogP contribution in [0.5, 0.6) is 0 Å². The van der Waals surface area contributed by atoms with E-state index in [1.54, 1.807) is 18.2 Å². The van der Waals surface area contributed by atoms with E-state index in [4.69, 9.17) is 0 Å². The fourth-order valence-electron chi connectivity index (χ4n) is 2.73. The Labute approximate surface area is 181 Å². The summed E-state index contributed by atoms with van der Waals surface area (Å²) in [5.74, 6) is -0.147. The number of halogens is 1. The number of carbonyl (C=O) groups excluding carboxylic acids is 1. The van der Waals surface area contributed by atoms with Gasteiger partial charge in [-0.15, -0.1) is 16.4 Å². The van der Waals surface area contributed by atoms with Crippen molar-refractivity contribution >= 4 is 34.1 Å². The average molecular weight is 440 g/mol. The maximum Gasteiger partial charge on any atom is 0.236 e. The zero-order valence-electron chi connectivity index (χ0n) is 16.3. The van der Waals surface area contributed by atoms with Crippen molar-refractivity contribution in [3.05, 3.63) is 64.8 Å². The fraction of sp³-hybridized carbons (Fsp3) is 0.143. The second kappa shape index (κ2) is 8.76. The standard InChI is InChI=1S/C21H18FN5OS2/c1-12-7-8-14(9-13(12)2)17-10-29-20(23-17)24-18(28)11-30-21-25-19(26-27-21)15-5-3-4-6-16(15)22/h3-10H,11H2,1-2H3,(H,23,24,28)(H,25,26,27). The molecule has 0 aliphatic heterocycles. The number of H-pyrrole nitrogens is 1. The molecule has 0 unspecified atom stereocenters. The molecule has 0 aliphatic rings. The van der Waals surface area contributed by atoms with E-state index >= 15 is 0 Å². The number of amides is 1. The molecule has 0 fully saturated rings. The maximum absolute atomic E-state index is 13.8. The summed E-state index contributed by atoms with van der Waals surface area (Å²) in [6.07, 6.45) is 0. The van der Waals surface area contributed by atoms with Crippen molar-refractivity contribution in [1.82, 2.24) is 20.2 Å². The van der Waals surface area contributed by atoms with Crippen molar-refractivity contribution in [2.24, 2.45) is 0 Å². The SMILES string of the molecule is Cc1ccc(-c2csc(NC(=O)CSc3n[nH]c(-c4ccccc4F)n3)n2)cc1C. The number of nitrogens with zero attached hydrogens (tertiary/aromatic N) is 3. The number of thioether (sulfide) groups is 1. The van der Waals surface area contributed by atoms with E-state index in [-0.39, 0.29) is 17.5 Å². The third-order valence-corrected chi connectivity index (χ3v) is 6.08. The smallest absolute Gasteiger partial charge is 0.236 e. The first-order chi connectivity index (χ1) is 14.5. The second-order valence-electron chi connectivity index (χ2n) is 6.62. The first kappa shape index (κ1) is 20.2. The van der Waals surface area contributed by atoms with Gasteiger partial charge in [0.1, 0.15) is 5.82 Å². The summed E-state index contributed by atoms with van der Waals surface area (Å²) < 4.78 is 13.8. The summed E-state index contributed by atoms with van der Waals surface area (Å²) in [5, 5.41) is 12.4. The van der Waals surface area contributed by atoms with Crippen LogP contribution in [0.15, 0.2) is 53.0 Å². The third-order valence-electron chi connectivity index (χ3n) is 4.48. The van der Waals surface area contributed by atoms with Crippen molar-refractivity contribution < 1.29 is 9.18 Å². The Balaban J connectivity index is 1.35. The van der Waals surface area contributed by atoms with Crippen LogP contribution < -0.4 is 5.32 Å². The predicted octanol–water partition coefficient (Wildman–Crippen LogP) is 5.08. The van der Waals surface area contributed by atoms with Crippen molar-refractivity contribution in [1.29, 1.82) is 0 Å². The van der Waals surface area contributed by atoms with Gasteiger partial charge in [-0.25, -0.2) is 14.4 Å². The molecule has 1 amide bonds. The number of anilines is 1. The minimum absolute atomic E-state index is 0.118. The number of hydrogen-bond donors (Lipinski definition) is 2. The molecule has 4 rings (SSSR count). The van der Waals surface area contributed by atoms with Gasteiger partial charge in [-0.3, -0.25) is 9.89 Å². The van der Waals surface area contributed by atoms with E-state index in [1.165, 1.54) is 28.5 Å². The minimum Gasteiger partial charge on any atom is -0.301 e. The zero-order chi connectivity index (χ0) is 21.1. The third kappa shape index (κ3) is 4.58. The number of carbonyl (C=O) groups is 1. The molecule has 2 heterocycles. The van der Waals surface area contributed by atoms with Gasteiger partial charge in [0.2, 0.25) is 11.1 Å². The molecule has 0 aliphatic carbocycles. The molecular weight excluding hydrogens is 421 g/mol. The first-order valence-corrected chi connectivity index (χ1v) is 11.0. The van der Waals surface area contributed by atoms with Crippen LogP contribution in [-0.4, -0.2) is 31.8 Å². The summed E-state index contributed by atoms with van der Waals surface area (Å²) in [7, 11) is 0. The number of aryl methyl sites for hydroxylation is 2. The van der Waals surface area contributed by atoms with Crippen LogP contribution >= 0.6 is 23.1 Å². The van der Waals surface area contributed by atoms with Gasteiger partial charge in [-0.05, 0) is 43.2 Å². The van der Waals surface area contributed by atoms with Crippen molar-refractivity contribution in [2.45, 2.75) is 19.0 Å². The highest BCUT2D eigenvalue weighted by molar-refractivity contribution is 7.99. The molecular formula is C21H18FN5OS2. The highest BCUT2D eigenvalue weighted by Crippen LogP contribution is 2.27. The lowest BCUT2D eigenvalue weighted by Gasteiger charge is -2.02. The lowest BCUT2D eigenvalue weighted by molar-refractivity contribution is -0.113. The Morgan fingerprint density at radius 3 is 2.80 bits per heavy atom. The molecule has 0 saturated carbocycles. The monoisotopic (exact) mass is 439 g/mol. The molecule has 0 bridgehead atoms. The van der Waals surface area contributed by atoms with Gasteiger partial charge >= 0.3 is 0 Å². The van der Waals surface area contributed by atoms with Gasteiger partial charge in [-0.1, -0.05) is 36.0 Å². The van der Waals surface area contributed by atoms with E-state index in [9.17, 15) is 9.18 Å². The first-order valence-electron chi connectivity index (χ1n) is 9.12. The van der Waals surface area contributed by atoms with E-state index < -0.39 is 0 Å². The summed E-state index contributed by atoms with van der Waals surface area (Å²) in [6.45, 7) is 4.13. The number of rotatable bonds is 6. The Bertz CT molecular complexity index is 1200. The molecule has 0 radical (unpaired) electrons. The van der Waals surface area contributed by atoms with Crippen LogP contribution in [0.25, 0.3) is 22.6 Å². The predicted molar refractivity (Wildman–Crippen MR) is 118 cm³/mol. The summed E-state index contributed by atoms with van der Waals surface area (Å²) >= 11 is 2.54. The van der Waals surface area contributed by atoms with Crippen LogP contribution in [0.4, 0.5) is 9.52 Å². The average Bonchev–Trinajstić information content (AvgIpc) is 3.39. The Kier molecular flexibility index (Phi) is 5.91. The van der Waals surface area contributed by atoms with E-state index in [0.29, 0.717) is 21.7 Å². The van der Waals surface area contributed by atoms with Gasteiger partial charge in [0.25, 0.3) is 0 Å². The van der Waals surface area contributed by atoms with Crippen molar-refractivity contribution in [2.75, 3.05) is 11.1 Å². The summed E-state index contributed by atoms with van der Waals surface area (Å²) in [4.78, 5) is 21.0. The number of aromatic nitrogens is 4. The number of aromatic amines is 1. The maximum atomic E-state index is 13.8. The van der Waals surface area contributed by atoms with Crippen molar-refractivity contribution in [3.63, 3.8) is 0 Å². The molecule has 152 valence electrons. The quantitative estimate of drug-likeness (QED) is 0.409. The largest absolute Gasteiger partial charge is 0.301 e. The van der Waals surface area contributed by atoms with Gasteiger partial charge in [0.15, 0.2) is 11.0 Å². The topological polar surface area (TPSA) is 83.6 Å². The minimum atomic E-state index is -0.383. The Morgan fingerprint density at radius 1 is 1.17 bits per heavy atom. The van der Waals surface area contributed by atoms with Gasteiger partial charge in [0.05, 0.1) is 17.0 Å². The molecule has 0 atom stereocenters. The van der Waals surface area contributed by atoms with Crippen LogP contribution in [0, 0.1) is 19.7 Å². The Morgan fingerprint density at radius 2 is 2.00 bits per heavy atom. The lowest BCUT2D eigenvalue weighted by atomic mass is 10.1. The van der Waals surface area contributed by atoms with Crippen LogP contribution in [0.3, 0.4) is 0 Å². The molecule has 0 spiro atoms. The van der Waals surface area contributed by atoms with E-state index in [1.807, 2.05) is 11.4 Å². The van der Waals surface area contributed by atoms with Crippen molar-refractivity contribution in [3.8, 4) is 22.6 Å². The summed E-state index contributed by atoms with van der Waals surface area (Å²) in [6, 6.07) is 12.5. The van der Waals surface area contributed by atoms with Gasteiger partial charge < -0.3 is 5.32 Å². The van der Waals surface area contributed by atoms with Gasteiger partial charge in [0, 0.05) is 10.9 Å². The van der Waals surface area contributed by atoms with Crippen LogP contribution in [-0.2, 0) is 4.79 Å². The van der Waals surface area contributed by atoms with E-state index in [0.717, 1.165) is 23.0 Å². The molecule has 2 aromatic carbocycles. The molecule has 6 nitrogen and oxygen atoms in total. The van der Waals surface area contributed by atoms with Crippen LogP contribution in [0.2, 0.25) is 0 Å². The normalized spacial score (nSPS) is 10.9. The molecule has 0 saturated heterocycles. The number of nitrogens with one attached hydrogen (secondary N) is 2. The molecule has 9 heteroatoms. The number of hydrogen-bond acceptors (Lipinski definition) is 6. The number of benzene rings is 2. The molecule has 4 aromatic rings. The fourth-order valence-corrected chi connectivity index (χ4v) is 4.07. The second-order valence-corrected chi connectivity index (χ2v) is 8.42. The van der Waals surface area contributed by atoms with Gasteiger partial charge in [-0.2, -0.15) is 0 Å². The molecule has 30 heavy (non-hydrogen) atoms. The lowest BCUT2D eigenvalue weighted by Crippen LogP contribution is -2.13. The Hall–Kier alpha value is -3.04. The highest BCUT2D eigenvalue weighted by Gasteiger charge is 2.13. The summed E-state index contributed by atoms with van der Waals surface area (Å²) in [5.41, 5.74) is 4.61. The highest BCUT2D eigenvalue weighted by atomic mass is 32.2. The molecule has 2 N–H and O–H groups in total. The van der Waals surface area contributed by atoms with Crippen LogP contribution in [0.1, 0.15) is 11.1 Å².